The van der Waals surface area contributed by atoms with Crippen molar-refractivity contribution in [3.8, 4) is 16.3 Å². The second kappa shape index (κ2) is 10.4. The topological polar surface area (TPSA) is 84.9 Å². The zero-order valence-electron chi connectivity index (χ0n) is 18.7. The van der Waals surface area contributed by atoms with E-state index in [0.29, 0.717) is 50.7 Å². The Kier molecular flexibility index (Phi) is 7.19. The molecule has 1 aliphatic rings. The first-order valence-electron chi connectivity index (χ1n) is 10.9. The van der Waals surface area contributed by atoms with E-state index in [1.165, 1.54) is 17.5 Å². The van der Waals surface area contributed by atoms with Crippen molar-refractivity contribution in [2.24, 2.45) is 0 Å². The zero-order valence-corrected chi connectivity index (χ0v) is 19.5. The summed E-state index contributed by atoms with van der Waals surface area (Å²) in [6.45, 7) is 7.15. The first kappa shape index (κ1) is 22.7. The Bertz CT molecular complexity index is 1090. The molecule has 0 radical (unpaired) electrons. The van der Waals surface area contributed by atoms with Crippen LogP contribution in [0.25, 0.3) is 10.6 Å². The molecule has 0 aliphatic carbocycles. The lowest BCUT2D eigenvalue weighted by atomic mass is 10.2. The van der Waals surface area contributed by atoms with Crippen LogP contribution in [0.15, 0.2) is 48.0 Å². The zero-order chi connectivity index (χ0) is 23.2. The first-order valence-corrected chi connectivity index (χ1v) is 11.8. The van der Waals surface area contributed by atoms with E-state index in [1.54, 1.807) is 13.0 Å². The molecular formula is C24H26N4O4S. The van der Waals surface area contributed by atoms with Gasteiger partial charge in [-0.3, -0.25) is 4.79 Å². The molecule has 33 heavy (non-hydrogen) atoms. The van der Waals surface area contributed by atoms with E-state index in [2.05, 4.69) is 14.9 Å². The van der Waals surface area contributed by atoms with Gasteiger partial charge in [-0.05, 0) is 50.2 Å². The van der Waals surface area contributed by atoms with Crippen LogP contribution in [-0.4, -0.2) is 66.1 Å². The van der Waals surface area contributed by atoms with Gasteiger partial charge in [-0.25, -0.2) is 14.8 Å². The van der Waals surface area contributed by atoms with Gasteiger partial charge in [0.15, 0.2) is 0 Å². The highest BCUT2D eigenvalue weighted by Gasteiger charge is 2.25. The van der Waals surface area contributed by atoms with Gasteiger partial charge in [0.2, 0.25) is 0 Å². The molecule has 0 unspecified atom stereocenters. The Balaban J connectivity index is 1.34. The number of hydrogen-bond acceptors (Lipinski definition) is 8. The predicted molar refractivity (Wildman–Crippen MR) is 127 cm³/mol. The summed E-state index contributed by atoms with van der Waals surface area (Å²) >= 11 is 1.46. The van der Waals surface area contributed by atoms with Crippen molar-refractivity contribution in [1.29, 1.82) is 0 Å². The fourth-order valence-electron chi connectivity index (χ4n) is 3.57. The third-order valence-corrected chi connectivity index (χ3v) is 6.18. The lowest BCUT2D eigenvalue weighted by Gasteiger charge is -2.35. The largest absolute Gasteiger partial charge is 0.494 e. The van der Waals surface area contributed by atoms with Crippen LogP contribution in [0.4, 0.5) is 5.82 Å². The molecule has 0 atom stereocenters. The number of nitrogens with zero attached hydrogens (tertiary/aromatic N) is 4. The Morgan fingerprint density at radius 1 is 1.00 bits per heavy atom. The number of aromatic nitrogens is 2. The quantitative estimate of drug-likeness (QED) is 0.490. The molecule has 1 amide bonds. The normalized spacial score (nSPS) is 13.6. The number of thiazole rings is 1. The summed E-state index contributed by atoms with van der Waals surface area (Å²) in [5.41, 5.74) is 1.86. The fraction of sp³-hybridized carbons (Fsp3) is 0.333. The molecule has 172 valence electrons. The highest BCUT2D eigenvalue weighted by Crippen LogP contribution is 2.26. The lowest BCUT2D eigenvalue weighted by molar-refractivity contribution is 0.0525. The van der Waals surface area contributed by atoms with Gasteiger partial charge in [-0.1, -0.05) is 0 Å². The van der Waals surface area contributed by atoms with E-state index in [-0.39, 0.29) is 11.9 Å². The van der Waals surface area contributed by atoms with Crippen LogP contribution >= 0.6 is 11.3 Å². The minimum atomic E-state index is -0.375. The number of carbonyl (C=O) groups is 2. The van der Waals surface area contributed by atoms with E-state index in [9.17, 15) is 9.59 Å². The number of amides is 1. The van der Waals surface area contributed by atoms with Crippen molar-refractivity contribution in [2.45, 2.75) is 13.8 Å². The van der Waals surface area contributed by atoms with Crippen LogP contribution in [0.5, 0.6) is 5.75 Å². The monoisotopic (exact) mass is 466 g/mol. The van der Waals surface area contributed by atoms with Gasteiger partial charge in [-0.15, -0.1) is 11.3 Å². The lowest BCUT2D eigenvalue weighted by Crippen LogP contribution is -2.49. The van der Waals surface area contributed by atoms with Gasteiger partial charge in [0.25, 0.3) is 5.91 Å². The van der Waals surface area contributed by atoms with Crippen LogP contribution in [-0.2, 0) is 4.74 Å². The van der Waals surface area contributed by atoms with Gasteiger partial charge in [0.1, 0.15) is 22.3 Å². The van der Waals surface area contributed by atoms with E-state index in [4.69, 9.17) is 9.47 Å². The first-order chi connectivity index (χ1) is 16.1. The minimum Gasteiger partial charge on any atom is -0.494 e. The van der Waals surface area contributed by atoms with Gasteiger partial charge >= 0.3 is 5.97 Å². The minimum absolute atomic E-state index is 0.0614. The maximum absolute atomic E-state index is 13.0. The summed E-state index contributed by atoms with van der Waals surface area (Å²) in [6, 6.07) is 11.3. The van der Waals surface area contributed by atoms with E-state index >= 15 is 0 Å². The number of esters is 1. The summed E-state index contributed by atoms with van der Waals surface area (Å²) in [5, 5.41) is 2.63. The predicted octanol–water partition coefficient (Wildman–Crippen LogP) is 3.74. The smallest absolute Gasteiger partial charge is 0.339 e. The number of anilines is 1. The van der Waals surface area contributed by atoms with Crippen molar-refractivity contribution in [3.63, 3.8) is 0 Å². The maximum Gasteiger partial charge on any atom is 0.339 e. The van der Waals surface area contributed by atoms with Gasteiger partial charge < -0.3 is 19.3 Å². The van der Waals surface area contributed by atoms with E-state index in [0.717, 1.165) is 22.1 Å². The molecule has 3 aromatic rings. The average molecular weight is 467 g/mol. The molecule has 2 aromatic heterocycles. The molecule has 8 nitrogen and oxygen atoms in total. The van der Waals surface area contributed by atoms with Crippen molar-refractivity contribution < 1.29 is 19.1 Å². The number of rotatable bonds is 7. The Morgan fingerprint density at radius 2 is 1.76 bits per heavy atom. The maximum atomic E-state index is 13.0. The summed E-state index contributed by atoms with van der Waals surface area (Å²) in [5.74, 6) is 1.16. The van der Waals surface area contributed by atoms with Crippen molar-refractivity contribution in [2.75, 3.05) is 44.3 Å². The molecule has 9 heteroatoms. The highest BCUT2D eigenvalue weighted by molar-refractivity contribution is 7.13. The summed E-state index contributed by atoms with van der Waals surface area (Å²) in [6.07, 6.45) is 1.53. The van der Waals surface area contributed by atoms with Crippen LogP contribution in [0.3, 0.4) is 0 Å². The molecule has 0 N–H and O–H groups in total. The van der Waals surface area contributed by atoms with E-state index in [1.807, 2.05) is 47.5 Å². The average Bonchev–Trinajstić information content (AvgIpc) is 3.35. The molecule has 0 saturated carbocycles. The highest BCUT2D eigenvalue weighted by atomic mass is 32.1. The number of benzene rings is 1. The summed E-state index contributed by atoms with van der Waals surface area (Å²) in [4.78, 5) is 37.6. The molecule has 1 aliphatic heterocycles. The number of carbonyl (C=O) groups excluding carboxylic acids is 2. The molecule has 4 rings (SSSR count). The van der Waals surface area contributed by atoms with Crippen LogP contribution in [0, 0.1) is 0 Å². The van der Waals surface area contributed by atoms with Crippen molar-refractivity contribution in [3.05, 3.63) is 59.2 Å². The standard InChI is InChI=1S/C24H26N4O4S/c1-3-31-19-8-5-17(6-9-19)22-26-20(16-33-22)23(29)28-13-11-27(12-14-28)21-10-7-18(15-25-21)24(30)32-4-2/h5-10,15-16H,3-4,11-14H2,1-2H3. The Labute approximate surface area is 196 Å². The van der Waals surface area contributed by atoms with E-state index < -0.39 is 0 Å². The Morgan fingerprint density at radius 3 is 2.39 bits per heavy atom. The molecule has 1 aromatic carbocycles. The molecule has 1 saturated heterocycles. The van der Waals surface area contributed by atoms with Gasteiger partial charge in [-0.2, -0.15) is 0 Å². The third kappa shape index (κ3) is 5.31. The number of pyridine rings is 1. The van der Waals surface area contributed by atoms with Crippen LogP contribution in [0.1, 0.15) is 34.7 Å². The SMILES string of the molecule is CCOC(=O)c1ccc(N2CCN(C(=O)c3csc(-c4ccc(OCC)cc4)n3)CC2)nc1. The number of piperazine rings is 1. The second-order valence-electron chi connectivity index (χ2n) is 7.40. The second-order valence-corrected chi connectivity index (χ2v) is 8.26. The molecule has 0 spiro atoms. The summed E-state index contributed by atoms with van der Waals surface area (Å²) in [7, 11) is 0. The summed E-state index contributed by atoms with van der Waals surface area (Å²) < 4.78 is 10.5. The van der Waals surface area contributed by atoms with Gasteiger partial charge in [0.05, 0.1) is 18.8 Å². The molecule has 3 heterocycles. The molecule has 1 fully saturated rings. The van der Waals surface area contributed by atoms with Crippen molar-refractivity contribution >= 4 is 29.0 Å². The Hall–Kier alpha value is -3.46. The van der Waals surface area contributed by atoms with Crippen molar-refractivity contribution in [1.82, 2.24) is 14.9 Å². The molecular weight excluding hydrogens is 440 g/mol. The number of hydrogen-bond donors (Lipinski definition) is 0. The van der Waals surface area contributed by atoms with Gasteiger partial charge in [0, 0.05) is 43.3 Å². The number of ether oxygens (including phenoxy) is 2. The van der Waals surface area contributed by atoms with Crippen LogP contribution < -0.4 is 9.64 Å². The van der Waals surface area contributed by atoms with Crippen LogP contribution in [0.2, 0.25) is 0 Å². The third-order valence-electron chi connectivity index (χ3n) is 5.29. The molecule has 0 bridgehead atoms. The fourth-order valence-corrected chi connectivity index (χ4v) is 4.37.